The van der Waals surface area contributed by atoms with Gasteiger partial charge in [0.05, 0.1) is 0 Å². The highest BCUT2D eigenvalue weighted by Crippen LogP contribution is 2.12. The lowest BCUT2D eigenvalue weighted by molar-refractivity contribution is 0.102. The van der Waals surface area contributed by atoms with Crippen LogP contribution in [0.3, 0.4) is 0 Å². The Morgan fingerprint density at radius 3 is 2.47 bits per heavy atom. The highest BCUT2D eigenvalue weighted by Gasteiger charge is 2.05. The minimum absolute atomic E-state index is 0.0765. The van der Waals surface area contributed by atoms with Crippen molar-refractivity contribution in [2.45, 2.75) is 6.92 Å². The number of aryl methyl sites for hydroxylation is 1. The van der Waals surface area contributed by atoms with E-state index in [0.717, 1.165) is 9.26 Å². The molecule has 0 aliphatic carbocycles. The lowest BCUT2D eigenvalue weighted by Gasteiger charge is -2.05. The molecule has 3 heteroatoms. The molecular weight excluding hydrogens is 325 g/mol. The van der Waals surface area contributed by atoms with E-state index in [-0.39, 0.29) is 5.91 Å². The minimum Gasteiger partial charge on any atom is -0.322 e. The van der Waals surface area contributed by atoms with Crippen molar-refractivity contribution in [3.8, 4) is 0 Å². The highest BCUT2D eigenvalue weighted by atomic mass is 127. The van der Waals surface area contributed by atoms with Crippen LogP contribution >= 0.6 is 22.6 Å². The molecule has 0 saturated heterocycles. The van der Waals surface area contributed by atoms with Gasteiger partial charge in [0, 0.05) is 14.8 Å². The SMILES string of the molecule is Cc1ccc(NC(=O)c2cccc(I)c2)cc1. The Hall–Kier alpha value is -1.36. The third-order valence-corrected chi connectivity index (χ3v) is 3.07. The molecule has 17 heavy (non-hydrogen) atoms. The number of hydrogen-bond donors (Lipinski definition) is 1. The van der Waals surface area contributed by atoms with Gasteiger partial charge in [-0.05, 0) is 59.8 Å². The molecule has 2 aromatic rings. The quantitative estimate of drug-likeness (QED) is 0.829. The molecule has 2 nitrogen and oxygen atoms in total. The summed E-state index contributed by atoms with van der Waals surface area (Å²) in [7, 11) is 0. The molecule has 0 fully saturated rings. The van der Waals surface area contributed by atoms with Crippen molar-refractivity contribution in [2.75, 3.05) is 5.32 Å². The average Bonchev–Trinajstić information content (AvgIpc) is 2.32. The van der Waals surface area contributed by atoms with E-state index in [1.165, 1.54) is 5.56 Å². The van der Waals surface area contributed by atoms with Crippen LogP contribution in [0.5, 0.6) is 0 Å². The minimum atomic E-state index is -0.0765. The third-order valence-electron chi connectivity index (χ3n) is 2.40. The summed E-state index contributed by atoms with van der Waals surface area (Å²) >= 11 is 2.19. The van der Waals surface area contributed by atoms with Gasteiger partial charge in [0.1, 0.15) is 0 Å². The molecule has 0 radical (unpaired) electrons. The fourth-order valence-electron chi connectivity index (χ4n) is 1.47. The normalized spacial score (nSPS) is 10.0. The number of amides is 1. The van der Waals surface area contributed by atoms with Crippen molar-refractivity contribution < 1.29 is 4.79 Å². The summed E-state index contributed by atoms with van der Waals surface area (Å²) in [6.45, 7) is 2.02. The van der Waals surface area contributed by atoms with E-state index in [4.69, 9.17) is 0 Å². The molecule has 0 heterocycles. The van der Waals surface area contributed by atoms with Crippen molar-refractivity contribution in [3.05, 3.63) is 63.2 Å². The fourth-order valence-corrected chi connectivity index (χ4v) is 2.01. The van der Waals surface area contributed by atoms with Crippen LogP contribution < -0.4 is 5.32 Å². The zero-order valence-corrected chi connectivity index (χ0v) is 11.6. The molecule has 0 atom stereocenters. The molecule has 0 spiro atoms. The lowest BCUT2D eigenvalue weighted by Crippen LogP contribution is -2.11. The number of hydrogen-bond acceptors (Lipinski definition) is 1. The van der Waals surface area contributed by atoms with Crippen molar-refractivity contribution in [2.24, 2.45) is 0 Å². The highest BCUT2D eigenvalue weighted by molar-refractivity contribution is 14.1. The number of carbonyl (C=O) groups excluding carboxylic acids is 1. The topological polar surface area (TPSA) is 29.1 Å². The standard InChI is InChI=1S/C14H12INO/c1-10-5-7-13(8-6-10)16-14(17)11-3-2-4-12(15)9-11/h2-9H,1H3,(H,16,17). The molecule has 2 rings (SSSR count). The number of benzene rings is 2. The second-order valence-corrected chi connectivity index (χ2v) is 5.08. The summed E-state index contributed by atoms with van der Waals surface area (Å²) in [5, 5.41) is 2.87. The van der Waals surface area contributed by atoms with Crippen molar-refractivity contribution in [3.63, 3.8) is 0 Å². The van der Waals surface area contributed by atoms with E-state index >= 15 is 0 Å². The number of rotatable bonds is 2. The van der Waals surface area contributed by atoms with Crippen LogP contribution in [-0.4, -0.2) is 5.91 Å². The van der Waals surface area contributed by atoms with Crippen LogP contribution in [0.4, 0.5) is 5.69 Å². The van der Waals surface area contributed by atoms with E-state index in [9.17, 15) is 4.79 Å². The maximum absolute atomic E-state index is 11.9. The summed E-state index contributed by atoms with van der Waals surface area (Å²) in [5.74, 6) is -0.0765. The molecule has 0 aromatic heterocycles. The van der Waals surface area contributed by atoms with Gasteiger partial charge in [-0.2, -0.15) is 0 Å². The monoisotopic (exact) mass is 337 g/mol. The maximum atomic E-state index is 11.9. The lowest BCUT2D eigenvalue weighted by atomic mass is 10.2. The number of nitrogens with one attached hydrogen (secondary N) is 1. The van der Waals surface area contributed by atoms with Crippen molar-refractivity contribution in [1.82, 2.24) is 0 Å². The summed E-state index contributed by atoms with van der Waals surface area (Å²) in [6.07, 6.45) is 0. The molecular formula is C14H12INO. The number of carbonyl (C=O) groups is 1. The van der Waals surface area contributed by atoms with Gasteiger partial charge in [-0.1, -0.05) is 23.8 Å². The Kier molecular flexibility index (Phi) is 3.78. The zero-order chi connectivity index (χ0) is 12.3. The summed E-state index contributed by atoms with van der Waals surface area (Å²) in [6, 6.07) is 15.3. The molecule has 1 amide bonds. The van der Waals surface area contributed by atoms with Crippen molar-refractivity contribution in [1.29, 1.82) is 0 Å². The smallest absolute Gasteiger partial charge is 0.255 e. The predicted molar refractivity (Wildman–Crippen MR) is 78.3 cm³/mol. The third kappa shape index (κ3) is 3.30. The van der Waals surface area contributed by atoms with E-state index in [2.05, 4.69) is 27.9 Å². The molecule has 0 saturated carbocycles. The van der Waals surface area contributed by atoms with Gasteiger partial charge >= 0.3 is 0 Å². The second-order valence-electron chi connectivity index (χ2n) is 3.83. The fraction of sp³-hybridized carbons (Fsp3) is 0.0714. The van der Waals surface area contributed by atoms with Gasteiger partial charge in [0.2, 0.25) is 0 Å². The molecule has 0 unspecified atom stereocenters. The summed E-state index contributed by atoms with van der Waals surface area (Å²) in [4.78, 5) is 11.9. The van der Waals surface area contributed by atoms with Crippen LogP contribution in [0.1, 0.15) is 15.9 Å². The first-order valence-electron chi connectivity index (χ1n) is 5.29. The molecule has 0 bridgehead atoms. The number of halogens is 1. The van der Waals surface area contributed by atoms with E-state index in [0.29, 0.717) is 5.56 Å². The summed E-state index contributed by atoms with van der Waals surface area (Å²) < 4.78 is 1.05. The zero-order valence-electron chi connectivity index (χ0n) is 9.41. The predicted octanol–water partition coefficient (Wildman–Crippen LogP) is 3.85. The van der Waals surface area contributed by atoms with Gasteiger partial charge in [0.25, 0.3) is 5.91 Å². The van der Waals surface area contributed by atoms with Crippen molar-refractivity contribution >= 4 is 34.2 Å². The van der Waals surface area contributed by atoms with Crippen LogP contribution in [0.2, 0.25) is 0 Å². The first kappa shape index (κ1) is 12.1. The molecule has 86 valence electrons. The second kappa shape index (κ2) is 5.31. The Morgan fingerprint density at radius 2 is 1.82 bits per heavy atom. The first-order chi connectivity index (χ1) is 8.15. The van der Waals surface area contributed by atoms with Gasteiger partial charge in [-0.15, -0.1) is 0 Å². The first-order valence-corrected chi connectivity index (χ1v) is 6.36. The van der Waals surface area contributed by atoms with E-state index < -0.39 is 0 Å². The Bertz CT molecular complexity index is 534. The molecule has 1 N–H and O–H groups in total. The Morgan fingerprint density at radius 1 is 1.12 bits per heavy atom. The van der Waals surface area contributed by atoms with Gasteiger partial charge < -0.3 is 5.32 Å². The van der Waals surface area contributed by atoms with Gasteiger partial charge in [-0.3, -0.25) is 4.79 Å². The van der Waals surface area contributed by atoms with Crippen LogP contribution in [0.15, 0.2) is 48.5 Å². The largest absolute Gasteiger partial charge is 0.322 e. The molecule has 0 aliphatic rings. The summed E-state index contributed by atoms with van der Waals surface area (Å²) in [5.41, 5.74) is 2.68. The average molecular weight is 337 g/mol. The Balaban J connectivity index is 2.14. The molecule has 2 aromatic carbocycles. The van der Waals surface area contributed by atoms with Crippen LogP contribution in [-0.2, 0) is 0 Å². The maximum Gasteiger partial charge on any atom is 0.255 e. The van der Waals surface area contributed by atoms with E-state index in [1.807, 2.05) is 55.5 Å². The number of anilines is 1. The van der Waals surface area contributed by atoms with E-state index in [1.54, 1.807) is 0 Å². The van der Waals surface area contributed by atoms with Crippen LogP contribution in [0.25, 0.3) is 0 Å². The van der Waals surface area contributed by atoms with Gasteiger partial charge in [0.15, 0.2) is 0 Å². The van der Waals surface area contributed by atoms with Crippen LogP contribution in [0, 0.1) is 10.5 Å². The van der Waals surface area contributed by atoms with Gasteiger partial charge in [-0.25, -0.2) is 0 Å². The molecule has 0 aliphatic heterocycles. The Labute approximate surface area is 114 Å².